The zero-order valence-electron chi connectivity index (χ0n) is 18.8. The predicted molar refractivity (Wildman–Crippen MR) is 126 cm³/mol. The molecule has 1 atom stereocenters. The highest BCUT2D eigenvalue weighted by Crippen LogP contribution is 2.39. The highest BCUT2D eigenvalue weighted by Gasteiger charge is 2.36. The Morgan fingerprint density at radius 1 is 1.09 bits per heavy atom. The molecule has 2 aromatic rings. The second-order valence-corrected chi connectivity index (χ2v) is 8.58. The number of nitrogens with zero attached hydrogens (tertiary/aromatic N) is 4. The molecule has 32 heavy (non-hydrogen) atoms. The summed E-state index contributed by atoms with van der Waals surface area (Å²) in [6, 6.07) is 13.0. The average molecular weight is 457 g/mol. The molecule has 2 aromatic carbocycles. The number of hydrogen-bond donors (Lipinski definition) is 0. The van der Waals surface area contributed by atoms with Gasteiger partial charge in [0.2, 0.25) is 0 Å². The van der Waals surface area contributed by atoms with Gasteiger partial charge in [-0.1, -0.05) is 29.8 Å². The van der Waals surface area contributed by atoms with Gasteiger partial charge in [-0.2, -0.15) is 5.10 Å². The molecule has 0 spiro atoms. The average Bonchev–Trinajstić information content (AvgIpc) is 3.25. The summed E-state index contributed by atoms with van der Waals surface area (Å²) in [5.74, 6) is 1.34. The second kappa shape index (κ2) is 9.90. The third kappa shape index (κ3) is 4.75. The molecule has 0 radical (unpaired) electrons. The summed E-state index contributed by atoms with van der Waals surface area (Å²) in [4.78, 5) is 17.9. The van der Waals surface area contributed by atoms with Crippen molar-refractivity contribution >= 4 is 23.2 Å². The van der Waals surface area contributed by atoms with Gasteiger partial charge < -0.3 is 14.4 Å². The number of rotatable bonds is 6. The van der Waals surface area contributed by atoms with Crippen LogP contribution in [-0.2, 0) is 4.79 Å². The molecule has 170 valence electrons. The monoisotopic (exact) mass is 456 g/mol. The second-order valence-electron chi connectivity index (χ2n) is 8.17. The van der Waals surface area contributed by atoms with Gasteiger partial charge in [0.25, 0.3) is 5.91 Å². The SMILES string of the molecule is COc1ccc([C@H]2CC(c3ccccc3Cl)=NN2C(=O)CN2CCN(C)CC2)c(OC)c1. The van der Waals surface area contributed by atoms with E-state index < -0.39 is 0 Å². The van der Waals surface area contributed by atoms with Crippen molar-refractivity contribution in [2.45, 2.75) is 12.5 Å². The molecule has 2 aliphatic heterocycles. The Morgan fingerprint density at radius 3 is 2.53 bits per heavy atom. The number of benzene rings is 2. The Balaban J connectivity index is 1.65. The maximum Gasteiger partial charge on any atom is 0.257 e. The van der Waals surface area contributed by atoms with Crippen molar-refractivity contribution in [3.8, 4) is 11.5 Å². The Kier molecular flexibility index (Phi) is 6.98. The minimum absolute atomic E-state index is 0.0283. The number of amides is 1. The van der Waals surface area contributed by atoms with Crippen LogP contribution < -0.4 is 9.47 Å². The summed E-state index contributed by atoms with van der Waals surface area (Å²) < 4.78 is 11.0. The Bertz CT molecular complexity index is 1000. The number of carbonyl (C=O) groups is 1. The number of hydrogen-bond acceptors (Lipinski definition) is 6. The van der Waals surface area contributed by atoms with Crippen molar-refractivity contribution < 1.29 is 14.3 Å². The van der Waals surface area contributed by atoms with Crippen LogP contribution in [0.15, 0.2) is 47.6 Å². The molecule has 1 amide bonds. The number of halogens is 1. The van der Waals surface area contributed by atoms with Crippen LogP contribution in [0.2, 0.25) is 5.02 Å². The van der Waals surface area contributed by atoms with Crippen molar-refractivity contribution in [1.29, 1.82) is 0 Å². The van der Waals surface area contributed by atoms with Gasteiger partial charge in [0.05, 0.1) is 32.5 Å². The Hall–Kier alpha value is -2.61. The van der Waals surface area contributed by atoms with E-state index in [1.54, 1.807) is 19.2 Å². The Labute approximate surface area is 194 Å². The fraction of sp³-hybridized carbons (Fsp3) is 0.417. The minimum Gasteiger partial charge on any atom is -0.497 e. The maximum atomic E-state index is 13.4. The first-order valence-electron chi connectivity index (χ1n) is 10.8. The van der Waals surface area contributed by atoms with Crippen molar-refractivity contribution in [3.63, 3.8) is 0 Å². The van der Waals surface area contributed by atoms with E-state index in [0.717, 1.165) is 43.0 Å². The fourth-order valence-electron chi connectivity index (χ4n) is 4.20. The number of likely N-dealkylation sites (N-methyl/N-ethyl adjacent to an activating group) is 1. The van der Waals surface area contributed by atoms with E-state index in [2.05, 4.69) is 16.8 Å². The van der Waals surface area contributed by atoms with Crippen LogP contribution in [-0.4, -0.2) is 80.4 Å². The van der Waals surface area contributed by atoms with Gasteiger partial charge >= 0.3 is 0 Å². The normalized spacial score (nSPS) is 19.7. The van der Waals surface area contributed by atoms with Crippen LogP contribution >= 0.6 is 11.6 Å². The highest BCUT2D eigenvalue weighted by atomic mass is 35.5. The van der Waals surface area contributed by atoms with Crippen molar-refractivity contribution in [1.82, 2.24) is 14.8 Å². The standard InChI is InChI=1S/C24H29ClN4O3/c1-27-10-12-28(13-11-27)16-24(30)29-22(19-9-8-17(31-2)14-23(19)32-3)15-21(26-29)18-6-4-5-7-20(18)25/h4-9,14,22H,10-13,15-16H2,1-3H3/t22-/m1/s1. The van der Waals surface area contributed by atoms with E-state index in [1.165, 1.54) is 0 Å². The molecular weight excluding hydrogens is 428 g/mol. The molecule has 7 nitrogen and oxygen atoms in total. The summed E-state index contributed by atoms with van der Waals surface area (Å²) in [6.45, 7) is 3.98. The molecule has 1 fully saturated rings. The summed E-state index contributed by atoms with van der Waals surface area (Å²) in [5, 5.41) is 7.00. The largest absolute Gasteiger partial charge is 0.497 e. The van der Waals surface area contributed by atoms with Gasteiger partial charge in [0.15, 0.2) is 0 Å². The Morgan fingerprint density at radius 2 is 1.84 bits per heavy atom. The lowest BCUT2D eigenvalue weighted by molar-refractivity contribution is -0.134. The molecule has 2 heterocycles. The number of carbonyl (C=O) groups excluding carboxylic acids is 1. The number of piperazine rings is 1. The number of hydrazone groups is 1. The molecule has 0 unspecified atom stereocenters. The van der Waals surface area contributed by atoms with Crippen molar-refractivity contribution in [3.05, 3.63) is 58.6 Å². The van der Waals surface area contributed by atoms with Crippen LogP contribution in [0.3, 0.4) is 0 Å². The van der Waals surface area contributed by atoms with E-state index in [9.17, 15) is 4.79 Å². The molecule has 1 saturated heterocycles. The van der Waals surface area contributed by atoms with Crippen LogP contribution in [0.1, 0.15) is 23.6 Å². The molecule has 0 saturated carbocycles. The molecular formula is C24H29ClN4O3. The van der Waals surface area contributed by atoms with E-state index >= 15 is 0 Å². The van der Waals surface area contributed by atoms with Gasteiger partial charge in [-0.05, 0) is 25.2 Å². The molecule has 0 N–H and O–H groups in total. The van der Waals surface area contributed by atoms with E-state index in [0.29, 0.717) is 29.5 Å². The quantitative estimate of drug-likeness (QED) is 0.667. The lowest BCUT2D eigenvalue weighted by Gasteiger charge is -2.33. The first-order chi connectivity index (χ1) is 15.5. The van der Waals surface area contributed by atoms with Crippen LogP contribution in [0.4, 0.5) is 0 Å². The maximum absolute atomic E-state index is 13.4. The minimum atomic E-state index is -0.276. The van der Waals surface area contributed by atoms with E-state index in [1.807, 2.05) is 42.5 Å². The van der Waals surface area contributed by atoms with Gasteiger partial charge in [-0.3, -0.25) is 9.69 Å². The first kappa shape index (κ1) is 22.6. The van der Waals surface area contributed by atoms with Crippen molar-refractivity contribution in [2.75, 3.05) is 54.0 Å². The van der Waals surface area contributed by atoms with Crippen LogP contribution in [0, 0.1) is 0 Å². The van der Waals surface area contributed by atoms with Crippen molar-refractivity contribution in [2.24, 2.45) is 5.10 Å². The zero-order chi connectivity index (χ0) is 22.7. The van der Waals surface area contributed by atoms with E-state index in [4.69, 9.17) is 26.2 Å². The summed E-state index contributed by atoms with van der Waals surface area (Å²) >= 11 is 6.45. The molecule has 8 heteroatoms. The molecule has 0 aliphatic carbocycles. The highest BCUT2D eigenvalue weighted by molar-refractivity contribution is 6.34. The summed E-state index contributed by atoms with van der Waals surface area (Å²) in [5.41, 5.74) is 2.54. The van der Waals surface area contributed by atoms with Gasteiger partial charge in [0.1, 0.15) is 11.5 Å². The van der Waals surface area contributed by atoms with Crippen LogP contribution in [0.25, 0.3) is 0 Å². The summed E-state index contributed by atoms with van der Waals surface area (Å²) in [7, 11) is 5.35. The molecule has 4 rings (SSSR count). The fourth-order valence-corrected chi connectivity index (χ4v) is 4.45. The number of ether oxygens (including phenoxy) is 2. The zero-order valence-corrected chi connectivity index (χ0v) is 19.5. The van der Waals surface area contributed by atoms with Gasteiger partial charge in [0, 0.05) is 54.8 Å². The third-order valence-electron chi connectivity index (χ3n) is 6.11. The summed E-state index contributed by atoms with van der Waals surface area (Å²) in [6.07, 6.45) is 0.556. The lowest BCUT2D eigenvalue weighted by Crippen LogP contribution is -2.48. The van der Waals surface area contributed by atoms with Crippen LogP contribution in [0.5, 0.6) is 11.5 Å². The number of methoxy groups -OCH3 is 2. The molecule has 2 aliphatic rings. The predicted octanol–water partition coefficient (Wildman–Crippen LogP) is 3.28. The van der Waals surface area contributed by atoms with Gasteiger partial charge in [-0.25, -0.2) is 5.01 Å². The smallest absolute Gasteiger partial charge is 0.257 e. The van der Waals surface area contributed by atoms with Gasteiger partial charge in [-0.15, -0.1) is 0 Å². The third-order valence-corrected chi connectivity index (χ3v) is 6.43. The molecule has 0 bridgehead atoms. The first-order valence-corrected chi connectivity index (χ1v) is 11.1. The van der Waals surface area contributed by atoms with E-state index in [-0.39, 0.29) is 11.9 Å². The molecule has 0 aromatic heterocycles. The lowest BCUT2D eigenvalue weighted by atomic mass is 9.97. The topological polar surface area (TPSA) is 57.6 Å².